The van der Waals surface area contributed by atoms with E-state index in [-0.39, 0.29) is 0 Å². The van der Waals surface area contributed by atoms with Crippen molar-refractivity contribution in [3.63, 3.8) is 0 Å². The Kier molecular flexibility index (Phi) is 4.28. The van der Waals surface area contributed by atoms with Crippen molar-refractivity contribution in [2.24, 2.45) is 0 Å². The standard InChI is InChI=1S/C19H23N7/c1-14-15(2)21-13-22-19(14)25-11-9-24(10-12-25)17-5-4-6-18(23-17)26-8-7-20-16(26)3/h4-8,13H,9-12H2,1-3H3. The predicted molar refractivity (Wildman–Crippen MR) is 102 cm³/mol. The zero-order chi connectivity index (χ0) is 18.1. The van der Waals surface area contributed by atoms with Gasteiger partial charge in [-0.2, -0.15) is 0 Å². The van der Waals surface area contributed by atoms with Crippen LogP contribution in [0.3, 0.4) is 0 Å². The van der Waals surface area contributed by atoms with E-state index in [2.05, 4.69) is 43.8 Å². The summed E-state index contributed by atoms with van der Waals surface area (Å²) in [5, 5.41) is 0. The Bertz CT molecular complexity index is 910. The van der Waals surface area contributed by atoms with Crippen LogP contribution in [-0.4, -0.2) is 50.7 Å². The van der Waals surface area contributed by atoms with E-state index in [4.69, 9.17) is 4.98 Å². The van der Waals surface area contributed by atoms with Crippen LogP contribution in [0.5, 0.6) is 0 Å². The topological polar surface area (TPSA) is 63.0 Å². The van der Waals surface area contributed by atoms with E-state index < -0.39 is 0 Å². The average Bonchev–Trinajstić information content (AvgIpc) is 3.10. The monoisotopic (exact) mass is 349 g/mol. The van der Waals surface area contributed by atoms with Gasteiger partial charge in [-0.25, -0.2) is 19.9 Å². The molecule has 1 saturated heterocycles. The van der Waals surface area contributed by atoms with E-state index in [0.29, 0.717) is 0 Å². The van der Waals surface area contributed by atoms with Crippen molar-refractivity contribution in [2.75, 3.05) is 36.0 Å². The summed E-state index contributed by atoms with van der Waals surface area (Å²) in [7, 11) is 0. The lowest BCUT2D eigenvalue weighted by molar-refractivity contribution is 0.638. The van der Waals surface area contributed by atoms with Crippen molar-refractivity contribution in [1.29, 1.82) is 0 Å². The number of pyridine rings is 1. The SMILES string of the molecule is Cc1ncnc(N2CCN(c3cccc(-n4ccnc4C)n3)CC2)c1C. The summed E-state index contributed by atoms with van der Waals surface area (Å²) in [6.45, 7) is 9.79. The molecule has 0 radical (unpaired) electrons. The maximum absolute atomic E-state index is 4.83. The van der Waals surface area contributed by atoms with Crippen LogP contribution in [0.25, 0.3) is 5.82 Å². The first-order valence-electron chi connectivity index (χ1n) is 8.89. The van der Waals surface area contributed by atoms with Crippen LogP contribution >= 0.6 is 0 Å². The molecule has 26 heavy (non-hydrogen) atoms. The van der Waals surface area contributed by atoms with Crippen LogP contribution in [0.15, 0.2) is 36.9 Å². The second-order valence-electron chi connectivity index (χ2n) is 6.58. The molecule has 1 aliphatic heterocycles. The fourth-order valence-corrected chi connectivity index (χ4v) is 3.33. The van der Waals surface area contributed by atoms with Crippen molar-refractivity contribution >= 4 is 11.6 Å². The summed E-state index contributed by atoms with van der Waals surface area (Å²) in [6, 6.07) is 6.15. The number of rotatable bonds is 3. The number of anilines is 2. The molecule has 0 N–H and O–H groups in total. The molecule has 134 valence electrons. The summed E-state index contributed by atoms with van der Waals surface area (Å²) >= 11 is 0. The van der Waals surface area contributed by atoms with Crippen molar-refractivity contribution in [1.82, 2.24) is 24.5 Å². The van der Waals surface area contributed by atoms with E-state index in [1.165, 1.54) is 0 Å². The lowest BCUT2D eigenvalue weighted by Crippen LogP contribution is -2.47. The third-order valence-electron chi connectivity index (χ3n) is 5.00. The average molecular weight is 349 g/mol. The normalized spacial score (nSPS) is 14.7. The molecule has 0 amide bonds. The number of nitrogens with zero attached hydrogens (tertiary/aromatic N) is 7. The molecule has 0 unspecified atom stereocenters. The first-order valence-corrected chi connectivity index (χ1v) is 8.89. The maximum Gasteiger partial charge on any atom is 0.140 e. The van der Waals surface area contributed by atoms with Gasteiger partial charge in [0.2, 0.25) is 0 Å². The molecular formula is C19H23N7. The van der Waals surface area contributed by atoms with Gasteiger partial charge in [-0.15, -0.1) is 0 Å². The minimum absolute atomic E-state index is 0.905. The van der Waals surface area contributed by atoms with Gasteiger partial charge in [-0.05, 0) is 32.9 Å². The molecule has 0 aliphatic carbocycles. The number of hydrogen-bond donors (Lipinski definition) is 0. The summed E-state index contributed by atoms with van der Waals surface area (Å²) in [5.74, 6) is 3.90. The predicted octanol–water partition coefficient (Wildman–Crippen LogP) is 2.31. The van der Waals surface area contributed by atoms with Crippen LogP contribution in [0.4, 0.5) is 11.6 Å². The highest BCUT2D eigenvalue weighted by Crippen LogP contribution is 2.22. The van der Waals surface area contributed by atoms with Gasteiger partial charge >= 0.3 is 0 Å². The maximum atomic E-state index is 4.83. The Balaban J connectivity index is 1.50. The number of piperazine rings is 1. The van der Waals surface area contributed by atoms with Crippen LogP contribution in [0.2, 0.25) is 0 Å². The summed E-state index contributed by atoms with van der Waals surface area (Å²) in [6.07, 6.45) is 5.40. The molecular weight excluding hydrogens is 326 g/mol. The molecule has 3 aromatic heterocycles. The Hall–Kier alpha value is -2.96. The van der Waals surface area contributed by atoms with Gasteiger partial charge in [0, 0.05) is 49.8 Å². The molecule has 4 heterocycles. The Morgan fingerprint density at radius 2 is 1.58 bits per heavy atom. The first-order chi connectivity index (χ1) is 12.6. The van der Waals surface area contributed by atoms with Crippen molar-refractivity contribution in [3.8, 4) is 5.82 Å². The highest BCUT2D eigenvalue weighted by Gasteiger charge is 2.21. The number of aromatic nitrogens is 5. The van der Waals surface area contributed by atoms with Crippen LogP contribution in [0, 0.1) is 20.8 Å². The zero-order valence-corrected chi connectivity index (χ0v) is 15.4. The summed E-state index contributed by atoms with van der Waals surface area (Å²) in [5.41, 5.74) is 2.21. The van der Waals surface area contributed by atoms with Crippen LogP contribution in [-0.2, 0) is 0 Å². The van der Waals surface area contributed by atoms with Crippen molar-refractivity contribution in [2.45, 2.75) is 20.8 Å². The van der Waals surface area contributed by atoms with Gasteiger partial charge in [-0.3, -0.25) is 4.57 Å². The van der Waals surface area contributed by atoms with Gasteiger partial charge in [0.15, 0.2) is 0 Å². The lowest BCUT2D eigenvalue weighted by atomic mass is 10.2. The fraction of sp³-hybridized carbons (Fsp3) is 0.368. The zero-order valence-electron chi connectivity index (χ0n) is 15.4. The summed E-state index contributed by atoms with van der Waals surface area (Å²) in [4.78, 5) is 22.5. The van der Waals surface area contributed by atoms with Gasteiger partial charge < -0.3 is 9.80 Å². The van der Waals surface area contributed by atoms with Gasteiger partial charge in [-0.1, -0.05) is 6.07 Å². The van der Waals surface area contributed by atoms with Crippen LogP contribution in [0.1, 0.15) is 17.1 Å². The van der Waals surface area contributed by atoms with Crippen molar-refractivity contribution in [3.05, 3.63) is 54.0 Å². The minimum Gasteiger partial charge on any atom is -0.353 e. The Morgan fingerprint density at radius 1 is 0.846 bits per heavy atom. The Labute approximate surface area is 153 Å². The van der Waals surface area contributed by atoms with Crippen LogP contribution < -0.4 is 9.80 Å². The van der Waals surface area contributed by atoms with Crippen molar-refractivity contribution < 1.29 is 0 Å². The third kappa shape index (κ3) is 3.00. The van der Waals surface area contributed by atoms with E-state index >= 15 is 0 Å². The third-order valence-corrected chi connectivity index (χ3v) is 5.00. The molecule has 1 aliphatic rings. The minimum atomic E-state index is 0.905. The second-order valence-corrected chi connectivity index (χ2v) is 6.58. The Morgan fingerprint density at radius 3 is 2.31 bits per heavy atom. The quantitative estimate of drug-likeness (QED) is 0.723. The fourth-order valence-electron chi connectivity index (χ4n) is 3.33. The molecule has 1 fully saturated rings. The molecule has 0 bridgehead atoms. The molecule has 0 atom stereocenters. The first kappa shape index (κ1) is 16.5. The molecule has 4 rings (SSSR count). The molecule has 7 heteroatoms. The second kappa shape index (κ2) is 6.74. The molecule has 0 saturated carbocycles. The molecule has 0 spiro atoms. The van der Waals surface area contributed by atoms with E-state index in [1.807, 2.05) is 30.7 Å². The van der Waals surface area contributed by atoms with Gasteiger partial charge in [0.1, 0.15) is 29.6 Å². The number of hydrogen-bond acceptors (Lipinski definition) is 6. The lowest BCUT2D eigenvalue weighted by Gasteiger charge is -2.36. The highest BCUT2D eigenvalue weighted by molar-refractivity contribution is 5.50. The van der Waals surface area contributed by atoms with E-state index in [0.717, 1.165) is 60.7 Å². The molecule has 3 aromatic rings. The van der Waals surface area contributed by atoms with E-state index in [1.54, 1.807) is 12.5 Å². The number of imidazole rings is 1. The number of aryl methyl sites for hydroxylation is 2. The van der Waals surface area contributed by atoms with E-state index in [9.17, 15) is 0 Å². The molecule has 0 aromatic carbocycles. The smallest absolute Gasteiger partial charge is 0.140 e. The largest absolute Gasteiger partial charge is 0.353 e. The summed E-state index contributed by atoms with van der Waals surface area (Å²) < 4.78 is 2.01. The highest BCUT2D eigenvalue weighted by atomic mass is 15.3. The van der Waals surface area contributed by atoms with Gasteiger partial charge in [0.05, 0.1) is 0 Å². The van der Waals surface area contributed by atoms with Gasteiger partial charge in [0.25, 0.3) is 0 Å². The molecule has 7 nitrogen and oxygen atoms in total.